The number of thiazole rings is 1. The summed E-state index contributed by atoms with van der Waals surface area (Å²) < 4.78 is 33.3. The largest absolute Gasteiger partial charge is 0.356 e. The van der Waals surface area contributed by atoms with Crippen molar-refractivity contribution in [2.24, 2.45) is 0 Å². The quantitative estimate of drug-likeness (QED) is 0.631. The SMILES string of the molecule is CC(C)(C)OC(O)N1CCN(c2nc(-c3scnc3Cl)[nH]c(=O)c2Cl)C(C(F)F)C1. The molecule has 1 aliphatic heterocycles. The van der Waals surface area contributed by atoms with Crippen LogP contribution in [0.25, 0.3) is 10.7 Å². The number of aromatic amines is 1. The monoisotopic (exact) mass is 483 g/mol. The predicted octanol–water partition coefficient (Wildman–Crippen LogP) is 3.05. The van der Waals surface area contributed by atoms with Gasteiger partial charge in [0.15, 0.2) is 16.8 Å². The molecule has 0 spiro atoms. The molecule has 2 aromatic heterocycles. The number of H-pyrrole nitrogens is 1. The molecular weight excluding hydrogens is 463 g/mol. The number of ether oxygens (including phenoxy) is 1. The number of anilines is 1. The number of halogens is 4. The summed E-state index contributed by atoms with van der Waals surface area (Å²) in [6.07, 6.45) is -4.13. The molecule has 1 saturated heterocycles. The summed E-state index contributed by atoms with van der Waals surface area (Å²) in [7, 11) is 0. The second kappa shape index (κ2) is 9.01. The standard InChI is InChI=1S/C17H21Cl2F2N5O3S/c1-17(2,3)29-16(28)25-4-5-26(8(6-25)12(20)21)14-9(18)15(27)24-13(23-14)10-11(19)22-7-30-10/h7-8,12,16,28H,4-6H2,1-3H3,(H,23,24,27). The van der Waals surface area contributed by atoms with Crippen molar-refractivity contribution >= 4 is 40.4 Å². The second-order valence-corrected chi connectivity index (χ2v) is 9.26. The van der Waals surface area contributed by atoms with Gasteiger partial charge in [-0.25, -0.2) is 18.7 Å². The highest BCUT2D eigenvalue weighted by molar-refractivity contribution is 7.13. The Hall–Kier alpha value is -1.37. The first kappa shape index (κ1) is 23.3. The number of alkyl halides is 2. The smallest absolute Gasteiger partial charge is 0.272 e. The van der Waals surface area contributed by atoms with Crippen LogP contribution in [0.15, 0.2) is 10.3 Å². The average molecular weight is 484 g/mol. The maximum absolute atomic E-state index is 13.9. The van der Waals surface area contributed by atoms with E-state index in [2.05, 4.69) is 15.0 Å². The summed E-state index contributed by atoms with van der Waals surface area (Å²) in [5.41, 5.74) is 0.147. The van der Waals surface area contributed by atoms with E-state index in [-0.39, 0.29) is 41.5 Å². The number of hydrogen-bond donors (Lipinski definition) is 2. The molecule has 0 amide bonds. The summed E-state index contributed by atoms with van der Waals surface area (Å²) in [4.78, 5) is 26.1. The van der Waals surface area contributed by atoms with Crippen molar-refractivity contribution in [2.45, 2.75) is 45.3 Å². The minimum atomic E-state index is -2.79. The molecule has 1 aliphatic rings. The number of piperazine rings is 1. The Bertz CT molecular complexity index is 952. The molecule has 0 bridgehead atoms. The lowest BCUT2D eigenvalue weighted by Gasteiger charge is -2.44. The topological polar surface area (TPSA) is 94.6 Å². The average Bonchev–Trinajstić information content (AvgIpc) is 3.08. The van der Waals surface area contributed by atoms with E-state index in [1.165, 1.54) is 15.3 Å². The van der Waals surface area contributed by atoms with Gasteiger partial charge in [-0.15, -0.1) is 11.3 Å². The Kier molecular flexibility index (Phi) is 7.00. The van der Waals surface area contributed by atoms with E-state index in [1.807, 2.05) is 0 Å². The number of nitrogens with zero attached hydrogens (tertiary/aromatic N) is 4. The Morgan fingerprint density at radius 1 is 1.37 bits per heavy atom. The van der Waals surface area contributed by atoms with Crippen LogP contribution in [0.4, 0.5) is 14.6 Å². The number of aliphatic hydroxyl groups is 1. The molecular formula is C17H21Cl2F2N5O3S. The molecule has 2 N–H and O–H groups in total. The third kappa shape index (κ3) is 5.09. The van der Waals surface area contributed by atoms with Crippen molar-refractivity contribution in [1.82, 2.24) is 19.9 Å². The molecule has 0 saturated carbocycles. The molecule has 1 fully saturated rings. The predicted molar refractivity (Wildman–Crippen MR) is 112 cm³/mol. The third-order valence-corrected chi connectivity index (χ3v) is 5.94. The van der Waals surface area contributed by atoms with Gasteiger partial charge in [0.1, 0.15) is 15.9 Å². The van der Waals surface area contributed by atoms with E-state index in [1.54, 1.807) is 20.8 Å². The van der Waals surface area contributed by atoms with Gasteiger partial charge < -0.3 is 19.7 Å². The lowest BCUT2D eigenvalue weighted by molar-refractivity contribution is -0.243. The fourth-order valence-corrected chi connectivity index (χ4v) is 4.18. The Balaban J connectivity index is 1.92. The lowest BCUT2D eigenvalue weighted by atomic mass is 10.1. The molecule has 2 unspecified atom stereocenters. The highest BCUT2D eigenvalue weighted by Gasteiger charge is 2.39. The van der Waals surface area contributed by atoms with E-state index in [4.69, 9.17) is 27.9 Å². The first-order valence-corrected chi connectivity index (χ1v) is 10.7. The van der Waals surface area contributed by atoms with Gasteiger partial charge >= 0.3 is 0 Å². The van der Waals surface area contributed by atoms with Crippen LogP contribution in [-0.4, -0.2) is 69.1 Å². The van der Waals surface area contributed by atoms with Crippen molar-refractivity contribution in [3.05, 3.63) is 26.0 Å². The zero-order valence-electron chi connectivity index (χ0n) is 16.4. The minimum absolute atomic E-state index is 0.0472. The zero-order valence-corrected chi connectivity index (χ0v) is 18.7. The van der Waals surface area contributed by atoms with Gasteiger partial charge in [0.25, 0.3) is 12.0 Å². The van der Waals surface area contributed by atoms with E-state index in [0.29, 0.717) is 4.88 Å². The zero-order chi connectivity index (χ0) is 22.2. The van der Waals surface area contributed by atoms with E-state index in [0.717, 1.165) is 11.3 Å². The summed E-state index contributed by atoms with van der Waals surface area (Å²) in [6.45, 7) is 5.29. The summed E-state index contributed by atoms with van der Waals surface area (Å²) >= 11 is 13.3. The Morgan fingerprint density at radius 3 is 2.63 bits per heavy atom. The van der Waals surface area contributed by atoms with Crippen LogP contribution in [-0.2, 0) is 4.74 Å². The van der Waals surface area contributed by atoms with Gasteiger partial charge in [-0.3, -0.25) is 9.69 Å². The van der Waals surface area contributed by atoms with E-state index >= 15 is 0 Å². The fraction of sp³-hybridized carbons (Fsp3) is 0.588. The lowest BCUT2D eigenvalue weighted by Crippen LogP contribution is -2.60. The molecule has 0 aromatic carbocycles. The van der Waals surface area contributed by atoms with Crippen molar-refractivity contribution < 1.29 is 18.6 Å². The molecule has 13 heteroatoms. The van der Waals surface area contributed by atoms with Crippen LogP contribution >= 0.6 is 34.5 Å². The fourth-order valence-electron chi connectivity index (χ4n) is 3.03. The summed E-state index contributed by atoms with van der Waals surface area (Å²) in [6, 6.07) is -1.37. The molecule has 30 heavy (non-hydrogen) atoms. The van der Waals surface area contributed by atoms with Crippen LogP contribution in [0.3, 0.4) is 0 Å². The highest BCUT2D eigenvalue weighted by atomic mass is 35.5. The molecule has 3 rings (SSSR count). The third-order valence-electron chi connectivity index (χ3n) is 4.37. The highest BCUT2D eigenvalue weighted by Crippen LogP contribution is 2.32. The van der Waals surface area contributed by atoms with Gasteiger partial charge in [0, 0.05) is 19.6 Å². The first-order valence-electron chi connectivity index (χ1n) is 9.02. The molecule has 2 aromatic rings. The van der Waals surface area contributed by atoms with Crippen LogP contribution in [0.1, 0.15) is 20.8 Å². The first-order chi connectivity index (χ1) is 14.0. The van der Waals surface area contributed by atoms with Gasteiger partial charge in [-0.2, -0.15) is 0 Å². The molecule has 8 nitrogen and oxygen atoms in total. The Labute approximate surface area is 185 Å². The van der Waals surface area contributed by atoms with Crippen LogP contribution < -0.4 is 10.5 Å². The van der Waals surface area contributed by atoms with Crippen molar-refractivity contribution in [3.63, 3.8) is 0 Å². The normalized spacial score (nSPS) is 19.5. The van der Waals surface area contributed by atoms with E-state index < -0.39 is 30.0 Å². The number of nitrogens with one attached hydrogen (secondary N) is 1. The van der Waals surface area contributed by atoms with Crippen molar-refractivity contribution in [1.29, 1.82) is 0 Å². The number of aliphatic hydroxyl groups excluding tert-OH is 1. The van der Waals surface area contributed by atoms with Crippen LogP contribution in [0.2, 0.25) is 10.2 Å². The number of aromatic nitrogens is 3. The van der Waals surface area contributed by atoms with Crippen LogP contribution in [0, 0.1) is 0 Å². The van der Waals surface area contributed by atoms with Gasteiger partial charge in [-0.1, -0.05) is 23.2 Å². The van der Waals surface area contributed by atoms with Crippen molar-refractivity contribution in [2.75, 3.05) is 24.5 Å². The van der Waals surface area contributed by atoms with Gasteiger partial charge in [0.05, 0.1) is 11.1 Å². The molecule has 0 radical (unpaired) electrons. The Morgan fingerprint density at radius 2 is 2.07 bits per heavy atom. The summed E-state index contributed by atoms with van der Waals surface area (Å²) in [5.74, 6) is 0.0227. The molecule has 166 valence electrons. The molecule has 2 atom stereocenters. The van der Waals surface area contributed by atoms with Crippen molar-refractivity contribution in [3.8, 4) is 10.7 Å². The van der Waals surface area contributed by atoms with Crippen LogP contribution in [0.5, 0.6) is 0 Å². The van der Waals surface area contributed by atoms with Gasteiger partial charge in [-0.05, 0) is 20.8 Å². The second-order valence-electron chi connectivity index (χ2n) is 7.67. The van der Waals surface area contributed by atoms with Gasteiger partial charge in [0.2, 0.25) is 6.41 Å². The maximum Gasteiger partial charge on any atom is 0.272 e. The molecule has 3 heterocycles. The molecule has 0 aliphatic carbocycles. The number of hydrogen-bond acceptors (Lipinski definition) is 8. The van der Waals surface area contributed by atoms with E-state index in [9.17, 15) is 18.7 Å². The maximum atomic E-state index is 13.9. The minimum Gasteiger partial charge on any atom is -0.356 e. The summed E-state index contributed by atoms with van der Waals surface area (Å²) in [5, 5.41) is 10.1. The number of rotatable bonds is 5.